The highest BCUT2D eigenvalue weighted by Gasteiger charge is 2.14. The van der Waals surface area contributed by atoms with Crippen LogP contribution in [0.25, 0.3) is 11.4 Å². The molecule has 92 valence electrons. The first-order valence-corrected chi connectivity index (χ1v) is 5.13. The predicted molar refractivity (Wildman–Crippen MR) is 65.1 cm³/mol. The molecule has 0 bridgehead atoms. The summed E-state index contributed by atoms with van der Waals surface area (Å²) in [4.78, 5) is 8.24. The third-order valence-corrected chi connectivity index (χ3v) is 2.30. The minimum atomic E-state index is -0.105. The van der Waals surface area contributed by atoms with Gasteiger partial charge in [0.1, 0.15) is 5.69 Å². The number of hydrogen-bond acceptors (Lipinski definition) is 6. The number of methoxy groups -OCH3 is 1. The van der Waals surface area contributed by atoms with Gasteiger partial charge in [-0.1, -0.05) is 11.2 Å². The summed E-state index contributed by atoms with van der Waals surface area (Å²) in [5.74, 6) is 0.131. The van der Waals surface area contributed by atoms with Crippen LogP contribution in [0.1, 0.15) is 5.69 Å². The van der Waals surface area contributed by atoms with Crippen LogP contribution in [-0.4, -0.2) is 33.6 Å². The zero-order chi connectivity index (χ0) is 13.0. The first-order valence-electron chi connectivity index (χ1n) is 5.13. The Bertz CT molecular complexity index is 570. The average molecular weight is 245 g/mol. The summed E-state index contributed by atoms with van der Waals surface area (Å²) < 4.78 is 5.03. The molecule has 0 saturated heterocycles. The van der Waals surface area contributed by atoms with E-state index in [1.54, 1.807) is 24.4 Å². The van der Waals surface area contributed by atoms with Crippen LogP contribution in [0, 0.1) is 0 Å². The van der Waals surface area contributed by atoms with Crippen LogP contribution in [0.5, 0.6) is 11.5 Å². The second-order valence-electron chi connectivity index (χ2n) is 3.41. The van der Waals surface area contributed by atoms with Gasteiger partial charge in [-0.25, -0.2) is 4.98 Å². The summed E-state index contributed by atoms with van der Waals surface area (Å²) >= 11 is 0. The number of aromatic hydroxyl groups is 1. The number of rotatable bonds is 3. The summed E-state index contributed by atoms with van der Waals surface area (Å²) in [6.07, 6.45) is 2.74. The summed E-state index contributed by atoms with van der Waals surface area (Å²) in [7, 11) is 1.43. The van der Waals surface area contributed by atoms with Crippen molar-refractivity contribution in [2.75, 3.05) is 7.11 Å². The molecular formula is C12H11N3O3. The summed E-state index contributed by atoms with van der Waals surface area (Å²) in [6, 6.07) is 6.71. The largest absolute Gasteiger partial charge is 0.503 e. The zero-order valence-electron chi connectivity index (χ0n) is 9.61. The molecule has 0 atom stereocenters. The lowest BCUT2D eigenvalue weighted by atomic mass is 10.2. The fourth-order valence-corrected chi connectivity index (χ4v) is 1.50. The molecule has 0 radical (unpaired) electrons. The van der Waals surface area contributed by atoms with Gasteiger partial charge in [0.05, 0.1) is 24.7 Å². The number of ether oxygens (including phenoxy) is 1. The van der Waals surface area contributed by atoms with Gasteiger partial charge in [0.25, 0.3) is 0 Å². The second kappa shape index (κ2) is 5.13. The van der Waals surface area contributed by atoms with Gasteiger partial charge < -0.3 is 15.1 Å². The molecule has 0 amide bonds. The van der Waals surface area contributed by atoms with E-state index in [2.05, 4.69) is 15.1 Å². The van der Waals surface area contributed by atoms with Gasteiger partial charge in [-0.3, -0.25) is 4.98 Å². The van der Waals surface area contributed by atoms with Crippen LogP contribution in [0.15, 0.2) is 35.6 Å². The maximum Gasteiger partial charge on any atom is 0.186 e. The van der Waals surface area contributed by atoms with Crippen molar-refractivity contribution in [3.8, 4) is 22.9 Å². The van der Waals surface area contributed by atoms with Crippen LogP contribution in [0.2, 0.25) is 0 Å². The molecule has 0 fully saturated rings. The molecule has 2 N–H and O–H groups in total. The number of nitrogens with zero attached hydrogens (tertiary/aromatic N) is 3. The Labute approximate surface area is 103 Å². The fraction of sp³-hybridized carbons (Fsp3) is 0.0833. The zero-order valence-corrected chi connectivity index (χ0v) is 9.61. The molecule has 2 aromatic heterocycles. The molecule has 0 aliphatic rings. The van der Waals surface area contributed by atoms with Crippen LogP contribution in [0.4, 0.5) is 0 Å². The molecule has 6 heteroatoms. The Balaban J connectivity index is 2.62. The molecule has 18 heavy (non-hydrogen) atoms. The van der Waals surface area contributed by atoms with Crippen LogP contribution >= 0.6 is 0 Å². The summed E-state index contributed by atoms with van der Waals surface area (Å²) in [6.45, 7) is 0. The highest BCUT2D eigenvalue weighted by Crippen LogP contribution is 2.34. The van der Waals surface area contributed by atoms with Crippen molar-refractivity contribution < 1.29 is 15.1 Å². The van der Waals surface area contributed by atoms with Gasteiger partial charge in [-0.2, -0.15) is 0 Å². The van der Waals surface area contributed by atoms with Crippen molar-refractivity contribution >= 4 is 6.21 Å². The van der Waals surface area contributed by atoms with Gasteiger partial charge in [0, 0.05) is 12.3 Å². The van der Waals surface area contributed by atoms with E-state index in [0.29, 0.717) is 11.4 Å². The third kappa shape index (κ3) is 2.22. The Hall–Kier alpha value is -2.63. The standard InChI is InChI=1S/C12H11N3O3/c1-18-10-6-8(7-14-17)15-11(12(10)16)9-4-2-3-5-13-9/h2-7,16-17H,1H3/b14-7+. The number of pyridine rings is 2. The number of aromatic nitrogens is 2. The first-order chi connectivity index (χ1) is 8.76. The van der Waals surface area contributed by atoms with Crippen molar-refractivity contribution in [2.24, 2.45) is 5.16 Å². The highest BCUT2D eigenvalue weighted by atomic mass is 16.5. The smallest absolute Gasteiger partial charge is 0.186 e. The Morgan fingerprint density at radius 2 is 2.22 bits per heavy atom. The predicted octanol–water partition coefficient (Wildman–Crippen LogP) is 1.67. The van der Waals surface area contributed by atoms with Gasteiger partial charge in [-0.15, -0.1) is 0 Å². The molecule has 0 saturated carbocycles. The molecule has 6 nitrogen and oxygen atoms in total. The van der Waals surface area contributed by atoms with E-state index in [-0.39, 0.29) is 17.2 Å². The van der Waals surface area contributed by atoms with Crippen LogP contribution in [0.3, 0.4) is 0 Å². The quantitative estimate of drug-likeness (QED) is 0.488. The van der Waals surface area contributed by atoms with Crippen molar-refractivity contribution in [3.63, 3.8) is 0 Å². The topological polar surface area (TPSA) is 87.8 Å². The number of oxime groups is 1. The van der Waals surface area contributed by atoms with E-state index in [0.717, 1.165) is 6.21 Å². The van der Waals surface area contributed by atoms with Crippen molar-refractivity contribution in [3.05, 3.63) is 36.2 Å². The Morgan fingerprint density at radius 1 is 1.39 bits per heavy atom. The van der Waals surface area contributed by atoms with Crippen molar-refractivity contribution in [1.82, 2.24) is 9.97 Å². The molecule has 0 aromatic carbocycles. The molecule has 0 unspecified atom stereocenters. The highest BCUT2D eigenvalue weighted by molar-refractivity contribution is 5.80. The molecular weight excluding hydrogens is 234 g/mol. The lowest BCUT2D eigenvalue weighted by Gasteiger charge is -2.08. The molecule has 2 heterocycles. The van der Waals surface area contributed by atoms with E-state index in [1.807, 2.05) is 0 Å². The van der Waals surface area contributed by atoms with Gasteiger partial charge in [0.2, 0.25) is 0 Å². The van der Waals surface area contributed by atoms with Crippen molar-refractivity contribution in [2.45, 2.75) is 0 Å². The normalized spacial score (nSPS) is 10.7. The van der Waals surface area contributed by atoms with E-state index >= 15 is 0 Å². The first kappa shape index (κ1) is 11.8. The maximum atomic E-state index is 10.0. The Kier molecular flexibility index (Phi) is 3.38. The lowest BCUT2D eigenvalue weighted by Crippen LogP contribution is -1.96. The van der Waals surface area contributed by atoms with Crippen LogP contribution < -0.4 is 4.74 Å². The molecule has 0 spiro atoms. The second-order valence-corrected chi connectivity index (χ2v) is 3.41. The van der Waals surface area contributed by atoms with Gasteiger partial charge in [0.15, 0.2) is 11.5 Å². The van der Waals surface area contributed by atoms with E-state index in [1.165, 1.54) is 13.2 Å². The maximum absolute atomic E-state index is 10.0. The van der Waals surface area contributed by atoms with Gasteiger partial charge in [-0.05, 0) is 12.1 Å². The van der Waals surface area contributed by atoms with E-state index < -0.39 is 0 Å². The minimum Gasteiger partial charge on any atom is -0.503 e. The summed E-state index contributed by atoms with van der Waals surface area (Å²) in [5, 5.41) is 21.4. The van der Waals surface area contributed by atoms with Crippen LogP contribution in [-0.2, 0) is 0 Å². The molecule has 2 aromatic rings. The number of hydrogen-bond donors (Lipinski definition) is 2. The van der Waals surface area contributed by atoms with E-state index in [4.69, 9.17) is 9.94 Å². The van der Waals surface area contributed by atoms with Gasteiger partial charge >= 0.3 is 0 Å². The minimum absolute atomic E-state index is 0.105. The SMILES string of the molecule is COc1cc(/C=N/O)nc(-c2ccccn2)c1O. The third-order valence-electron chi connectivity index (χ3n) is 2.30. The monoisotopic (exact) mass is 245 g/mol. The van der Waals surface area contributed by atoms with E-state index in [9.17, 15) is 5.11 Å². The Morgan fingerprint density at radius 3 is 2.83 bits per heavy atom. The van der Waals surface area contributed by atoms with Crippen molar-refractivity contribution in [1.29, 1.82) is 0 Å². The average Bonchev–Trinajstić information content (AvgIpc) is 2.42. The molecule has 2 rings (SSSR count). The molecule has 0 aliphatic carbocycles. The lowest BCUT2D eigenvalue weighted by molar-refractivity contribution is 0.321. The molecule has 0 aliphatic heterocycles. The summed E-state index contributed by atoms with van der Waals surface area (Å²) in [5.41, 5.74) is 1.12. The fourth-order valence-electron chi connectivity index (χ4n) is 1.50.